The first kappa shape index (κ1) is 14.0. The van der Waals surface area contributed by atoms with E-state index in [1.165, 1.54) is 0 Å². The van der Waals surface area contributed by atoms with E-state index in [1.54, 1.807) is 30.1 Å². The number of hydrogen-bond acceptors (Lipinski definition) is 3. The first-order valence-corrected chi connectivity index (χ1v) is 6.73. The number of halogens is 1. The summed E-state index contributed by atoms with van der Waals surface area (Å²) in [5.74, 6) is 1.60. The molecule has 104 valence electrons. The van der Waals surface area contributed by atoms with E-state index in [9.17, 15) is 4.79 Å². The van der Waals surface area contributed by atoms with Gasteiger partial charge in [-0.1, -0.05) is 0 Å². The van der Waals surface area contributed by atoms with E-state index < -0.39 is 5.54 Å². The summed E-state index contributed by atoms with van der Waals surface area (Å²) in [5, 5.41) is 0. The molecule has 0 saturated carbocycles. The third kappa shape index (κ3) is 2.78. The molecule has 0 unspecified atom stereocenters. The van der Waals surface area contributed by atoms with Crippen molar-refractivity contribution in [1.82, 2.24) is 4.90 Å². The second kappa shape index (κ2) is 5.29. The van der Waals surface area contributed by atoms with E-state index in [-0.39, 0.29) is 5.91 Å². The van der Waals surface area contributed by atoms with Crippen LogP contribution in [-0.2, 0) is 0 Å². The lowest BCUT2D eigenvalue weighted by Crippen LogP contribution is -2.46. The smallest absolute Gasteiger partial charge is 0.254 e. The van der Waals surface area contributed by atoms with Crippen LogP contribution in [0.15, 0.2) is 18.2 Å². The van der Waals surface area contributed by atoms with Crippen molar-refractivity contribution in [3.63, 3.8) is 0 Å². The monoisotopic (exact) mass is 283 g/mol. The van der Waals surface area contributed by atoms with Gasteiger partial charge in [0.1, 0.15) is 13.2 Å². The van der Waals surface area contributed by atoms with E-state index >= 15 is 0 Å². The maximum Gasteiger partial charge on any atom is 0.254 e. The molecule has 0 saturated heterocycles. The molecule has 1 heterocycles. The van der Waals surface area contributed by atoms with Crippen LogP contribution in [0.4, 0.5) is 0 Å². The van der Waals surface area contributed by atoms with Gasteiger partial charge in [-0.3, -0.25) is 4.79 Å². The highest BCUT2D eigenvalue weighted by Gasteiger charge is 2.28. The average molecular weight is 284 g/mol. The molecular weight excluding hydrogens is 266 g/mol. The van der Waals surface area contributed by atoms with Crippen LogP contribution in [0.5, 0.6) is 11.5 Å². The molecule has 1 amide bonds. The van der Waals surface area contributed by atoms with Crippen molar-refractivity contribution in [3.05, 3.63) is 23.8 Å². The minimum absolute atomic E-state index is 0.0809. The normalized spacial score (nSPS) is 14.1. The third-order valence-corrected chi connectivity index (χ3v) is 3.98. The molecule has 19 heavy (non-hydrogen) atoms. The predicted molar refractivity (Wildman–Crippen MR) is 74.3 cm³/mol. The second-order valence-electron chi connectivity index (χ2n) is 5.17. The van der Waals surface area contributed by atoms with Crippen molar-refractivity contribution in [1.29, 1.82) is 0 Å². The summed E-state index contributed by atoms with van der Waals surface area (Å²) in [4.78, 5) is 14.1. The van der Waals surface area contributed by atoms with Crippen molar-refractivity contribution in [2.24, 2.45) is 0 Å². The number of carbonyl (C=O) groups is 1. The van der Waals surface area contributed by atoms with E-state index in [0.717, 1.165) is 0 Å². The van der Waals surface area contributed by atoms with Crippen LogP contribution in [0.3, 0.4) is 0 Å². The van der Waals surface area contributed by atoms with Gasteiger partial charge in [-0.25, -0.2) is 0 Å². The molecule has 0 atom stereocenters. The lowest BCUT2D eigenvalue weighted by Gasteiger charge is -2.34. The minimum Gasteiger partial charge on any atom is -0.486 e. The first-order chi connectivity index (χ1) is 8.95. The fourth-order valence-electron chi connectivity index (χ4n) is 1.73. The van der Waals surface area contributed by atoms with Crippen molar-refractivity contribution in [2.75, 3.05) is 26.1 Å². The van der Waals surface area contributed by atoms with Crippen LogP contribution in [0, 0.1) is 0 Å². The summed E-state index contributed by atoms with van der Waals surface area (Å²) in [6, 6.07) is 5.23. The maximum absolute atomic E-state index is 12.4. The van der Waals surface area contributed by atoms with Gasteiger partial charge in [-0.15, -0.1) is 11.6 Å². The Labute approximate surface area is 118 Å². The van der Waals surface area contributed by atoms with Crippen LogP contribution < -0.4 is 9.47 Å². The summed E-state index contributed by atoms with van der Waals surface area (Å²) in [6.07, 6.45) is 0. The van der Waals surface area contributed by atoms with Gasteiger partial charge in [0.25, 0.3) is 5.91 Å². The van der Waals surface area contributed by atoms with Gasteiger partial charge >= 0.3 is 0 Å². The fourth-order valence-corrected chi connectivity index (χ4v) is 1.91. The highest BCUT2D eigenvalue weighted by atomic mass is 35.5. The molecule has 0 N–H and O–H groups in total. The summed E-state index contributed by atoms with van der Waals surface area (Å²) >= 11 is 5.90. The minimum atomic E-state index is -0.397. The van der Waals surface area contributed by atoms with E-state index in [0.29, 0.717) is 36.2 Å². The number of nitrogens with zero attached hydrogens (tertiary/aromatic N) is 1. The summed E-state index contributed by atoms with van der Waals surface area (Å²) in [6.45, 7) is 4.90. The Morgan fingerprint density at radius 3 is 2.58 bits per heavy atom. The summed E-state index contributed by atoms with van der Waals surface area (Å²) in [5.41, 5.74) is 0.177. The van der Waals surface area contributed by atoms with Crippen molar-refractivity contribution < 1.29 is 14.3 Å². The fraction of sp³-hybridized carbons (Fsp3) is 0.500. The summed E-state index contributed by atoms with van der Waals surface area (Å²) in [7, 11) is 1.75. The van der Waals surface area contributed by atoms with Crippen LogP contribution in [0.1, 0.15) is 24.2 Å². The molecular formula is C14H18ClNO3. The van der Waals surface area contributed by atoms with Gasteiger partial charge in [0.2, 0.25) is 0 Å². The topological polar surface area (TPSA) is 38.8 Å². The largest absolute Gasteiger partial charge is 0.486 e. The Morgan fingerprint density at radius 1 is 1.32 bits per heavy atom. The highest BCUT2D eigenvalue weighted by molar-refractivity contribution is 6.18. The van der Waals surface area contributed by atoms with Crippen molar-refractivity contribution in [2.45, 2.75) is 19.4 Å². The molecule has 4 nitrogen and oxygen atoms in total. The number of ether oxygens (including phenoxy) is 2. The number of rotatable bonds is 3. The zero-order valence-corrected chi connectivity index (χ0v) is 12.2. The van der Waals surface area contributed by atoms with Crippen molar-refractivity contribution in [3.8, 4) is 11.5 Å². The lowest BCUT2D eigenvalue weighted by atomic mass is 10.0. The Bertz CT molecular complexity index is 488. The Balaban J connectivity index is 2.24. The van der Waals surface area contributed by atoms with Crippen LogP contribution >= 0.6 is 11.6 Å². The van der Waals surface area contributed by atoms with E-state index in [4.69, 9.17) is 21.1 Å². The third-order valence-electron chi connectivity index (χ3n) is 3.33. The van der Waals surface area contributed by atoms with Gasteiger partial charge < -0.3 is 14.4 Å². The van der Waals surface area contributed by atoms with Crippen LogP contribution in [0.25, 0.3) is 0 Å². The zero-order chi connectivity index (χ0) is 14.0. The molecule has 1 aliphatic heterocycles. The Kier molecular flexibility index (Phi) is 3.90. The van der Waals surface area contributed by atoms with E-state index in [1.807, 2.05) is 13.8 Å². The molecule has 0 aromatic heterocycles. The zero-order valence-electron chi connectivity index (χ0n) is 11.4. The molecule has 2 rings (SSSR count). The molecule has 0 radical (unpaired) electrons. The first-order valence-electron chi connectivity index (χ1n) is 6.19. The number of fused-ring (bicyclic) bond motifs is 1. The quantitative estimate of drug-likeness (QED) is 0.800. The Hall–Kier alpha value is -1.42. The standard InChI is InChI=1S/C14H18ClNO3/c1-14(2,9-15)16(3)13(17)10-4-5-11-12(8-10)19-7-6-18-11/h4-5,8H,6-7,9H2,1-3H3. The summed E-state index contributed by atoms with van der Waals surface area (Å²) < 4.78 is 10.9. The van der Waals surface area contributed by atoms with E-state index in [2.05, 4.69) is 0 Å². The number of alkyl halides is 1. The van der Waals surface area contributed by atoms with Crippen molar-refractivity contribution >= 4 is 17.5 Å². The Morgan fingerprint density at radius 2 is 1.95 bits per heavy atom. The molecule has 1 aromatic rings. The number of carbonyl (C=O) groups excluding carboxylic acids is 1. The van der Waals surface area contributed by atoms with Gasteiger partial charge in [0.05, 0.1) is 5.54 Å². The molecule has 0 aliphatic carbocycles. The number of hydrogen-bond donors (Lipinski definition) is 0. The highest BCUT2D eigenvalue weighted by Crippen LogP contribution is 2.31. The van der Waals surface area contributed by atoms with Gasteiger partial charge in [0, 0.05) is 18.5 Å². The molecule has 1 aromatic carbocycles. The molecule has 1 aliphatic rings. The van der Waals surface area contributed by atoms with Gasteiger partial charge in [-0.2, -0.15) is 0 Å². The number of benzene rings is 1. The molecule has 0 fully saturated rings. The predicted octanol–water partition coefficient (Wildman–Crippen LogP) is 2.55. The molecule has 5 heteroatoms. The van der Waals surface area contributed by atoms with Gasteiger partial charge in [-0.05, 0) is 32.0 Å². The lowest BCUT2D eigenvalue weighted by molar-refractivity contribution is 0.0659. The van der Waals surface area contributed by atoms with Gasteiger partial charge in [0.15, 0.2) is 11.5 Å². The molecule has 0 bridgehead atoms. The SMILES string of the molecule is CN(C(=O)c1ccc2c(c1)OCCO2)C(C)(C)CCl. The second-order valence-corrected chi connectivity index (χ2v) is 5.44. The maximum atomic E-state index is 12.4. The van der Waals surface area contributed by atoms with Crippen LogP contribution in [-0.4, -0.2) is 42.5 Å². The molecule has 0 spiro atoms. The average Bonchev–Trinajstić information content (AvgIpc) is 2.45. The number of amides is 1. The van der Waals surface area contributed by atoms with Crippen LogP contribution in [0.2, 0.25) is 0 Å².